The highest BCUT2D eigenvalue weighted by Crippen LogP contribution is 2.03. The molecule has 74 valence electrons. The number of thiazole rings is 1. The molecule has 0 aliphatic carbocycles. The molecule has 0 fully saturated rings. The average molecular weight is 221 g/mol. The summed E-state index contributed by atoms with van der Waals surface area (Å²) in [4.78, 5) is 4.14. The Labute approximate surface area is 87.1 Å². The number of alkyl halides is 1. The van der Waals surface area contributed by atoms with Gasteiger partial charge in [0.25, 0.3) is 0 Å². The number of aromatic nitrogens is 1. The monoisotopic (exact) mass is 220 g/mol. The lowest BCUT2D eigenvalue weighted by Crippen LogP contribution is -2.25. The highest BCUT2D eigenvalue weighted by molar-refractivity contribution is 7.09. The van der Waals surface area contributed by atoms with E-state index in [1.165, 1.54) is 0 Å². The first kappa shape index (κ1) is 10.9. The van der Waals surface area contributed by atoms with Crippen LogP contribution in [0.25, 0.3) is 0 Å². The fraction of sp³-hybridized carbons (Fsp3) is 0.625. The van der Waals surface area contributed by atoms with Crippen molar-refractivity contribution < 1.29 is 4.74 Å². The average Bonchev–Trinajstić information content (AvgIpc) is 2.57. The molecule has 1 heterocycles. The summed E-state index contributed by atoms with van der Waals surface area (Å²) in [6, 6.07) is 0. The third kappa shape index (κ3) is 4.57. The van der Waals surface area contributed by atoms with Gasteiger partial charge in [-0.15, -0.1) is 22.9 Å². The van der Waals surface area contributed by atoms with Gasteiger partial charge in [-0.3, -0.25) is 0 Å². The maximum atomic E-state index is 5.92. The molecule has 1 rings (SSSR count). The van der Waals surface area contributed by atoms with E-state index in [0.29, 0.717) is 6.61 Å². The van der Waals surface area contributed by atoms with E-state index < -0.39 is 0 Å². The molecule has 0 saturated heterocycles. The Morgan fingerprint density at radius 3 is 3.23 bits per heavy atom. The van der Waals surface area contributed by atoms with Crippen molar-refractivity contribution in [3.63, 3.8) is 0 Å². The van der Waals surface area contributed by atoms with E-state index in [0.717, 1.165) is 18.1 Å². The molecule has 0 amide bonds. The fourth-order valence-corrected chi connectivity index (χ4v) is 1.74. The maximum absolute atomic E-state index is 5.92. The third-order valence-electron chi connectivity index (χ3n) is 1.47. The van der Waals surface area contributed by atoms with Crippen LogP contribution in [0.15, 0.2) is 11.6 Å². The Balaban J connectivity index is 2.07. The zero-order chi connectivity index (χ0) is 9.52. The summed E-state index contributed by atoms with van der Waals surface area (Å²) < 4.78 is 4.91. The Hall–Kier alpha value is -0.160. The standard InChI is InChI=1S/C8H13ClN2OS/c1-12-6-7(9)4-10-5-8-11-2-3-13-8/h2-3,7,10H,4-6H2,1H3. The lowest BCUT2D eigenvalue weighted by Gasteiger charge is -2.08. The van der Waals surface area contributed by atoms with Crippen LogP contribution in [0.5, 0.6) is 0 Å². The van der Waals surface area contributed by atoms with Gasteiger partial charge < -0.3 is 10.1 Å². The second kappa shape index (κ2) is 6.32. The first-order valence-electron chi connectivity index (χ1n) is 4.05. The van der Waals surface area contributed by atoms with Crippen molar-refractivity contribution in [2.45, 2.75) is 11.9 Å². The van der Waals surface area contributed by atoms with Crippen LogP contribution in [0, 0.1) is 0 Å². The molecule has 0 aromatic carbocycles. The highest BCUT2D eigenvalue weighted by atomic mass is 35.5. The van der Waals surface area contributed by atoms with Gasteiger partial charge in [-0.2, -0.15) is 0 Å². The summed E-state index contributed by atoms with van der Waals surface area (Å²) in [7, 11) is 1.65. The number of ether oxygens (including phenoxy) is 1. The van der Waals surface area contributed by atoms with Crippen molar-refractivity contribution in [3.8, 4) is 0 Å². The molecule has 0 aliphatic rings. The first-order chi connectivity index (χ1) is 6.33. The van der Waals surface area contributed by atoms with E-state index in [1.54, 1.807) is 24.6 Å². The van der Waals surface area contributed by atoms with Gasteiger partial charge in [0.1, 0.15) is 5.01 Å². The van der Waals surface area contributed by atoms with Gasteiger partial charge in [0.2, 0.25) is 0 Å². The van der Waals surface area contributed by atoms with Gasteiger partial charge in [-0.05, 0) is 0 Å². The molecule has 1 aromatic heterocycles. The van der Waals surface area contributed by atoms with Crippen LogP contribution in [-0.2, 0) is 11.3 Å². The van der Waals surface area contributed by atoms with Crippen molar-refractivity contribution in [1.82, 2.24) is 10.3 Å². The SMILES string of the molecule is COCC(Cl)CNCc1nccs1. The lowest BCUT2D eigenvalue weighted by molar-refractivity contribution is 0.197. The number of hydrogen-bond donors (Lipinski definition) is 1. The maximum Gasteiger partial charge on any atom is 0.106 e. The minimum absolute atomic E-state index is 0.0324. The summed E-state index contributed by atoms with van der Waals surface area (Å²) >= 11 is 7.56. The smallest absolute Gasteiger partial charge is 0.106 e. The Morgan fingerprint density at radius 2 is 2.62 bits per heavy atom. The molecule has 0 aliphatic heterocycles. The van der Waals surface area contributed by atoms with Gasteiger partial charge in [0.15, 0.2) is 0 Å². The molecule has 5 heteroatoms. The van der Waals surface area contributed by atoms with Crippen molar-refractivity contribution in [2.24, 2.45) is 0 Å². The number of rotatable bonds is 6. The molecule has 13 heavy (non-hydrogen) atoms. The largest absolute Gasteiger partial charge is 0.383 e. The molecule has 0 radical (unpaired) electrons. The topological polar surface area (TPSA) is 34.1 Å². The highest BCUT2D eigenvalue weighted by Gasteiger charge is 2.03. The summed E-state index contributed by atoms with van der Waals surface area (Å²) in [6.45, 7) is 2.10. The summed E-state index contributed by atoms with van der Waals surface area (Å²) in [5.41, 5.74) is 0. The third-order valence-corrected chi connectivity index (χ3v) is 2.53. The first-order valence-corrected chi connectivity index (χ1v) is 5.36. The zero-order valence-electron chi connectivity index (χ0n) is 7.50. The second-order valence-corrected chi connectivity index (χ2v) is 4.21. The minimum atomic E-state index is 0.0324. The van der Waals surface area contributed by atoms with Gasteiger partial charge >= 0.3 is 0 Å². The number of halogens is 1. The Morgan fingerprint density at radius 1 is 1.77 bits per heavy atom. The molecule has 1 N–H and O–H groups in total. The minimum Gasteiger partial charge on any atom is -0.383 e. The van der Waals surface area contributed by atoms with Crippen molar-refractivity contribution in [1.29, 1.82) is 0 Å². The van der Waals surface area contributed by atoms with Crippen LogP contribution < -0.4 is 5.32 Å². The summed E-state index contributed by atoms with van der Waals surface area (Å²) in [6.07, 6.45) is 1.80. The van der Waals surface area contributed by atoms with E-state index in [-0.39, 0.29) is 5.38 Å². The van der Waals surface area contributed by atoms with E-state index >= 15 is 0 Å². The van der Waals surface area contributed by atoms with Crippen LogP contribution in [-0.4, -0.2) is 30.6 Å². The molecule has 0 spiro atoms. The Kier molecular flexibility index (Phi) is 5.31. The van der Waals surface area contributed by atoms with E-state index in [2.05, 4.69) is 10.3 Å². The number of methoxy groups -OCH3 is 1. The van der Waals surface area contributed by atoms with Crippen molar-refractivity contribution >= 4 is 22.9 Å². The van der Waals surface area contributed by atoms with Crippen LogP contribution in [0.3, 0.4) is 0 Å². The van der Waals surface area contributed by atoms with Crippen LogP contribution in [0.1, 0.15) is 5.01 Å². The predicted molar refractivity (Wildman–Crippen MR) is 55.3 cm³/mol. The quantitative estimate of drug-likeness (QED) is 0.738. The lowest BCUT2D eigenvalue weighted by atomic mass is 10.4. The molecule has 0 bridgehead atoms. The number of nitrogens with zero attached hydrogens (tertiary/aromatic N) is 1. The molecule has 0 saturated carbocycles. The van der Waals surface area contributed by atoms with E-state index in [9.17, 15) is 0 Å². The predicted octanol–water partition coefficient (Wildman–Crippen LogP) is 1.49. The van der Waals surface area contributed by atoms with Crippen LogP contribution >= 0.6 is 22.9 Å². The second-order valence-electron chi connectivity index (χ2n) is 2.61. The van der Waals surface area contributed by atoms with Crippen LogP contribution in [0.4, 0.5) is 0 Å². The molecule has 3 nitrogen and oxygen atoms in total. The van der Waals surface area contributed by atoms with Crippen molar-refractivity contribution in [3.05, 3.63) is 16.6 Å². The van der Waals surface area contributed by atoms with Gasteiger partial charge in [-0.25, -0.2) is 4.98 Å². The molecular formula is C8H13ClN2OS. The molecule has 1 aromatic rings. The molecule has 1 atom stereocenters. The molecular weight excluding hydrogens is 208 g/mol. The molecule has 1 unspecified atom stereocenters. The summed E-state index contributed by atoms with van der Waals surface area (Å²) in [5.74, 6) is 0. The van der Waals surface area contributed by atoms with E-state index in [1.807, 2.05) is 5.38 Å². The van der Waals surface area contributed by atoms with Gasteiger partial charge in [0.05, 0.1) is 12.0 Å². The van der Waals surface area contributed by atoms with Gasteiger partial charge in [-0.1, -0.05) is 0 Å². The normalized spacial score (nSPS) is 13.1. The van der Waals surface area contributed by atoms with Crippen molar-refractivity contribution in [2.75, 3.05) is 20.3 Å². The zero-order valence-corrected chi connectivity index (χ0v) is 9.07. The summed E-state index contributed by atoms with van der Waals surface area (Å²) in [5, 5.41) is 6.29. The Bertz CT molecular complexity index is 218. The number of nitrogens with one attached hydrogen (secondary N) is 1. The number of hydrogen-bond acceptors (Lipinski definition) is 4. The fourth-order valence-electron chi connectivity index (χ4n) is 0.916. The van der Waals surface area contributed by atoms with E-state index in [4.69, 9.17) is 16.3 Å². The van der Waals surface area contributed by atoms with Gasteiger partial charge in [0, 0.05) is 31.8 Å². The van der Waals surface area contributed by atoms with Crippen LogP contribution in [0.2, 0.25) is 0 Å².